The first-order chi connectivity index (χ1) is 17.0. The molecule has 2 aliphatic rings. The van der Waals surface area contributed by atoms with Crippen LogP contribution in [0.25, 0.3) is 17.2 Å². The van der Waals surface area contributed by atoms with Crippen molar-refractivity contribution in [2.75, 3.05) is 19.7 Å². The number of aliphatic hydroxyl groups excluding tert-OH is 2. The molecular weight excluding hydrogens is 469 g/mol. The Balaban J connectivity index is 1.24. The zero-order valence-electron chi connectivity index (χ0n) is 18.7. The Hall–Kier alpha value is -3.90. The van der Waals surface area contributed by atoms with Crippen LogP contribution >= 0.6 is 11.6 Å². The van der Waals surface area contributed by atoms with E-state index in [1.807, 2.05) is 53.4 Å². The van der Waals surface area contributed by atoms with Crippen LogP contribution in [0.1, 0.15) is 11.1 Å². The molecule has 0 amide bonds. The van der Waals surface area contributed by atoms with Gasteiger partial charge in [0.15, 0.2) is 5.76 Å². The van der Waals surface area contributed by atoms with Crippen LogP contribution in [0.2, 0.25) is 5.02 Å². The Kier molecular flexibility index (Phi) is 6.38. The molecule has 0 bridgehead atoms. The number of aliphatic hydroxyl groups is 2. The van der Waals surface area contributed by atoms with Gasteiger partial charge in [-0.2, -0.15) is 0 Å². The second-order valence-corrected chi connectivity index (χ2v) is 8.86. The molecule has 0 unspecified atom stereocenters. The van der Waals surface area contributed by atoms with Crippen molar-refractivity contribution >= 4 is 17.7 Å². The number of ether oxygens (including phenoxy) is 2. The Bertz CT molecular complexity index is 1350. The van der Waals surface area contributed by atoms with Crippen LogP contribution < -0.4 is 9.47 Å². The van der Waals surface area contributed by atoms with Gasteiger partial charge in [-0.1, -0.05) is 54.1 Å². The minimum atomic E-state index is -0.423. The average Bonchev–Trinajstić information content (AvgIpc) is 2.85. The van der Waals surface area contributed by atoms with Crippen molar-refractivity contribution in [2.45, 2.75) is 6.61 Å². The summed E-state index contributed by atoms with van der Waals surface area (Å²) in [6.45, 7) is 1.61. The molecule has 35 heavy (non-hydrogen) atoms. The van der Waals surface area contributed by atoms with Crippen molar-refractivity contribution in [3.05, 3.63) is 112 Å². The van der Waals surface area contributed by atoms with Gasteiger partial charge in [-0.25, -0.2) is 4.39 Å². The quantitative estimate of drug-likeness (QED) is 0.362. The highest BCUT2D eigenvalue weighted by molar-refractivity contribution is 6.33. The lowest BCUT2D eigenvalue weighted by atomic mass is 10.0. The molecule has 2 N–H and O–H groups in total. The fourth-order valence-electron chi connectivity index (χ4n) is 4.09. The summed E-state index contributed by atoms with van der Waals surface area (Å²) in [5.74, 6) is 0.242. The highest BCUT2D eigenvalue weighted by atomic mass is 35.5. The van der Waals surface area contributed by atoms with Crippen LogP contribution in [0.3, 0.4) is 0 Å². The van der Waals surface area contributed by atoms with E-state index in [0.29, 0.717) is 53.6 Å². The predicted molar refractivity (Wildman–Crippen MR) is 134 cm³/mol. The molecule has 0 aliphatic carbocycles. The fourth-order valence-corrected chi connectivity index (χ4v) is 4.40. The molecule has 3 aromatic carbocycles. The number of halogens is 2. The summed E-state index contributed by atoms with van der Waals surface area (Å²) in [4.78, 5) is 1.94. The van der Waals surface area contributed by atoms with E-state index in [9.17, 15) is 9.50 Å². The predicted octanol–water partition coefficient (Wildman–Crippen LogP) is 6.66. The van der Waals surface area contributed by atoms with E-state index in [0.717, 1.165) is 22.3 Å². The number of hydrogen-bond donors (Lipinski definition) is 2. The van der Waals surface area contributed by atoms with Crippen molar-refractivity contribution in [3.8, 4) is 22.6 Å². The van der Waals surface area contributed by atoms with E-state index >= 15 is 0 Å². The van der Waals surface area contributed by atoms with Gasteiger partial charge < -0.3 is 24.6 Å². The molecule has 2 heterocycles. The van der Waals surface area contributed by atoms with Gasteiger partial charge in [0.1, 0.15) is 36.8 Å². The van der Waals surface area contributed by atoms with Crippen LogP contribution in [-0.4, -0.2) is 34.8 Å². The van der Waals surface area contributed by atoms with Gasteiger partial charge >= 0.3 is 0 Å². The minimum Gasteiger partial charge on any atom is -0.512 e. The van der Waals surface area contributed by atoms with Gasteiger partial charge in [-0.15, -0.1) is 0 Å². The monoisotopic (exact) mass is 491 g/mol. The third-order valence-electron chi connectivity index (χ3n) is 5.92. The van der Waals surface area contributed by atoms with E-state index < -0.39 is 5.82 Å². The third kappa shape index (κ3) is 4.98. The SMILES string of the molecule is O/C=C(\O)C1=CN(CC2=Cc3c(F)cc(OCc4ccc(-c5ccccc5)c(Cl)c4)cc3OC2)C1. The lowest BCUT2D eigenvalue weighted by Gasteiger charge is -2.32. The normalized spacial score (nSPS) is 14.9. The lowest BCUT2D eigenvalue weighted by molar-refractivity contribution is 0.289. The van der Waals surface area contributed by atoms with E-state index in [2.05, 4.69) is 0 Å². The third-order valence-corrected chi connectivity index (χ3v) is 6.23. The Morgan fingerprint density at radius 1 is 1.14 bits per heavy atom. The molecule has 0 fully saturated rings. The summed E-state index contributed by atoms with van der Waals surface area (Å²) in [5.41, 5.74) is 4.79. The van der Waals surface area contributed by atoms with Gasteiger partial charge in [0.2, 0.25) is 0 Å². The molecule has 0 aromatic heterocycles. The number of rotatable bonds is 7. The summed E-state index contributed by atoms with van der Waals surface area (Å²) in [6, 6.07) is 18.7. The first kappa shape index (κ1) is 22.9. The summed E-state index contributed by atoms with van der Waals surface area (Å²) in [5, 5.41) is 19.0. The maximum atomic E-state index is 14.9. The fraction of sp³-hybridized carbons (Fsp3) is 0.143. The molecule has 5 nitrogen and oxygen atoms in total. The van der Waals surface area contributed by atoms with Crippen LogP contribution in [0.5, 0.6) is 11.5 Å². The number of fused-ring (bicyclic) bond motifs is 1. The summed E-state index contributed by atoms with van der Waals surface area (Å²) in [7, 11) is 0. The van der Waals surface area contributed by atoms with E-state index in [1.54, 1.807) is 18.3 Å². The molecule has 5 rings (SSSR count). The van der Waals surface area contributed by atoms with Crippen molar-refractivity contribution in [3.63, 3.8) is 0 Å². The van der Waals surface area contributed by atoms with Crippen LogP contribution in [0, 0.1) is 5.82 Å². The van der Waals surface area contributed by atoms with Crippen LogP contribution in [0.4, 0.5) is 4.39 Å². The molecule has 3 aromatic rings. The molecule has 178 valence electrons. The first-order valence-electron chi connectivity index (χ1n) is 11.1. The molecular formula is C28H23ClFNO4. The highest BCUT2D eigenvalue weighted by Gasteiger charge is 2.23. The second-order valence-electron chi connectivity index (χ2n) is 8.45. The largest absolute Gasteiger partial charge is 0.512 e. The van der Waals surface area contributed by atoms with Crippen molar-refractivity contribution in [2.24, 2.45) is 0 Å². The van der Waals surface area contributed by atoms with Crippen LogP contribution in [-0.2, 0) is 6.61 Å². The number of hydrogen-bond acceptors (Lipinski definition) is 5. The average molecular weight is 492 g/mol. The van der Waals surface area contributed by atoms with Crippen molar-refractivity contribution in [1.82, 2.24) is 4.90 Å². The van der Waals surface area contributed by atoms with Gasteiger partial charge in [0.05, 0.1) is 5.56 Å². The number of benzene rings is 3. The van der Waals surface area contributed by atoms with Crippen molar-refractivity contribution < 1.29 is 24.1 Å². The smallest absolute Gasteiger partial charge is 0.156 e. The number of nitrogens with zero attached hydrogens (tertiary/aromatic N) is 1. The first-order valence-corrected chi connectivity index (χ1v) is 11.5. The zero-order valence-corrected chi connectivity index (χ0v) is 19.5. The van der Waals surface area contributed by atoms with Gasteiger partial charge in [0.25, 0.3) is 0 Å². The van der Waals surface area contributed by atoms with Gasteiger partial charge in [-0.05, 0) is 28.8 Å². The maximum absolute atomic E-state index is 14.9. The standard InChI is InChI=1S/C28H23ClFNO4/c29-25-9-18(6-7-23(25)20-4-2-1-3-5-20)16-34-22-10-26(30)24-8-19(17-35-28(24)11-22)12-31-13-21(14-31)27(33)15-32/h1-11,13,15,32-33H,12,14,16-17H2/b27-15-. The molecule has 0 saturated heterocycles. The Morgan fingerprint density at radius 3 is 2.69 bits per heavy atom. The molecule has 0 saturated carbocycles. The lowest BCUT2D eigenvalue weighted by Crippen LogP contribution is -2.33. The molecule has 2 aliphatic heterocycles. The summed E-state index contributed by atoms with van der Waals surface area (Å²) >= 11 is 6.49. The Labute approximate surface area is 207 Å². The summed E-state index contributed by atoms with van der Waals surface area (Å²) < 4.78 is 26.5. The minimum absolute atomic E-state index is 0.145. The van der Waals surface area contributed by atoms with Gasteiger partial charge in [-0.3, -0.25) is 0 Å². The second kappa shape index (κ2) is 9.76. The maximum Gasteiger partial charge on any atom is 0.156 e. The molecule has 7 heteroatoms. The summed E-state index contributed by atoms with van der Waals surface area (Å²) in [6.07, 6.45) is 4.20. The van der Waals surface area contributed by atoms with E-state index in [-0.39, 0.29) is 12.4 Å². The Morgan fingerprint density at radius 2 is 1.94 bits per heavy atom. The van der Waals surface area contributed by atoms with Crippen LogP contribution in [0.15, 0.2) is 90.0 Å². The molecule has 0 spiro atoms. The van der Waals surface area contributed by atoms with Gasteiger partial charge in [0, 0.05) is 47.6 Å². The van der Waals surface area contributed by atoms with E-state index in [1.165, 1.54) is 6.07 Å². The molecule has 0 atom stereocenters. The highest BCUT2D eigenvalue weighted by Crippen LogP contribution is 2.35. The van der Waals surface area contributed by atoms with E-state index in [4.69, 9.17) is 26.2 Å². The molecule has 0 radical (unpaired) electrons. The van der Waals surface area contributed by atoms with Crippen molar-refractivity contribution in [1.29, 1.82) is 0 Å². The topological polar surface area (TPSA) is 62.2 Å². The zero-order chi connectivity index (χ0) is 24.4.